The van der Waals surface area contributed by atoms with Crippen LogP contribution in [0.2, 0.25) is 0 Å². The second-order valence-electron chi connectivity index (χ2n) is 6.29. The topological polar surface area (TPSA) is 109 Å². The molecule has 0 radical (unpaired) electrons. The highest BCUT2D eigenvalue weighted by atomic mass is 16.5. The Labute approximate surface area is 172 Å². The molecule has 1 N–H and O–H groups in total. The Bertz CT molecular complexity index is 1190. The van der Waals surface area contributed by atoms with Crippen LogP contribution in [0.15, 0.2) is 55.4 Å². The van der Waals surface area contributed by atoms with E-state index in [-0.39, 0.29) is 5.91 Å². The number of anilines is 1. The molecule has 0 atom stereocenters. The molecule has 10 heteroatoms. The van der Waals surface area contributed by atoms with Gasteiger partial charge in [-0.3, -0.25) is 14.0 Å². The van der Waals surface area contributed by atoms with Gasteiger partial charge < -0.3 is 14.8 Å². The van der Waals surface area contributed by atoms with E-state index < -0.39 is 0 Å². The highest BCUT2D eigenvalue weighted by molar-refractivity contribution is 6.03. The van der Waals surface area contributed by atoms with E-state index in [4.69, 9.17) is 9.47 Å². The highest BCUT2D eigenvalue weighted by Crippen LogP contribution is 2.33. The smallest absolute Gasteiger partial charge is 0.275 e. The second-order valence-corrected chi connectivity index (χ2v) is 6.29. The molecule has 1 aromatic carbocycles. The van der Waals surface area contributed by atoms with Gasteiger partial charge >= 0.3 is 0 Å². The van der Waals surface area contributed by atoms with Crippen molar-refractivity contribution in [3.8, 4) is 28.6 Å². The fourth-order valence-corrected chi connectivity index (χ4v) is 2.96. The summed E-state index contributed by atoms with van der Waals surface area (Å²) in [6.45, 7) is 0. The number of aryl methyl sites for hydroxylation is 1. The molecule has 0 saturated heterocycles. The molecule has 0 spiro atoms. The Hall–Kier alpha value is -4.21. The molecule has 3 heterocycles. The molecule has 1 amide bonds. The lowest BCUT2D eigenvalue weighted by Gasteiger charge is -2.08. The molecule has 152 valence electrons. The summed E-state index contributed by atoms with van der Waals surface area (Å²) in [4.78, 5) is 25.1. The predicted octanol–water partition coefficient (Wildman–Crippen LogP) is 2.33. The fraction of sp³-hybridized carbons (Fsp3) is 0.150. The minimum absolute atomic E-state index is 0.353. The van der Waals surface area contributed by atoms with Crippen molar-refractivity contribution in [2.45, 2.75) is 0 Å². The first-order valence-corrected chi connectivity index (χ1v) is 8.97. The number of carbonyl (C=O) groups is 1. The molecule has 30 heavy (non-hydrogen) atoms. The van der Waals surface area contributed by atoms with Crippen LogP contribution in [-0.4, -0.2) is 49.4 Å². The third-order valence-corrected chi connectivity index (χ3v) is 4.46. The van der Waals surface area contributed by atoms with Gasteiger partial charge in [-0.1, -0.05) is 0 Å². The first kappa shape index (κ1) is 19.1. The zero-order valence-electron chi connectivity index (χ0n) is 16.6. The monoisotopic (exact) mass is 405 g/mol. The number of nitrogens with one attached hydrogen (secondary N) is 1. The van der Waals surface area contributed by atoms with Crippen molar-refractivity contribution in [1.82, 2.24) is 29.3 Å². The molecule has 3 aromatic heterocycles. The van der Waals surface area contributed by atoms with Crippen molar-refractivity contribution < 1.29 is 14.3 Å². The fourth-order valence-electron chi connectivity index (χ4n) is 2.96. The SMILES string of the molecule is COc1ccc(OC)c(-c2cc(C(=O)Nc3cc(-n4ccnc4)ncn3)n(C)n2)c1. The zero-order valence-corrected chi connectivity index (χ0v) is 16.6. The summed E-state index contributed by atoms with van der Waals surface area (Å²) in [5.41, 5.74) is 1.66. The highest BCUT2D eigenvalue weighted by Gasteiger charge is 2.18. The Morgan fingerprint density at radius 1 is 1.10 bits per heavy atom. The van der Waals surface area contributed by atoms with Gasteiger partial charge in [0.15, 0.2) is 0 Å². The normalized spacial score (nSPS) is 10.6. The van der Waals surface area contributed by atoms with Crippen molar-refractivity contribution in [3.05, 3.63) is 61.1 Å². The maximum atomic E-state index is 12.8. The summed E-state index contributed by atoms with van der Waals surface area (Å²) in [5, 5.41) is 7.24. The van der Waals surface area contributed by atoms with Crippen LogP contribution in [0.5, 0.6) is 11.5 Å². The summed E-state index contributed by atoms with van der Waals surface area (Å²) in [6.07, 6.45) is 6.39. The number of nitrogens with zero attached hydrogens (tertiary/aromatic N) is 6. The van der Waals surface area contributed by atoms with Crippen LogP contribution in [0.4, 0.5) is 5.82 Å². The van der Waals surface area contributed by atoms with Crippen molar-refractivity contribution in [2.75, 3.05) is 19.5 Å². The molecule has 0 aliphatic heterocycles. The summed E-state index contributed by atoms with van der Waals surface area (Å²) in [7, 11) is 4.86. The van der Waals surface area contributed by atoms with E-state index in [2.05, 4.69) is 25.4 Å². The molecule has 0 fully saturated rings. The number of hydrogen-bond donors (Lipinski definition) is 1. The van der Waals surface area contributed by atoms with Gasteiger partial charge in [0, 0.05) is 31.1 Å². The standard InChI is InChI=1S/C20H19N7O3/c1-26-16(9-15(25-26)14-8-13(29-2)4-5-17(14)30-3)20(28)24-18-10-19(23-11-22-18)27-7-6-21-12-27/h4-12H,1-3H3,(H,22,23,24,28). The molecule has 10 nitrogen and oxygen atoms in total. The first-order valence-electron chi connectivity index (χ1n) is 8.97. The first-order chi connectivity index (χ1) is 14.6. The summed E-state index contributed by atoms with van der Waals surface area (Å²) >= 11 is 0. The van der Waals surface area contributed by atoms with Crippen LogP contribution in [-0.2, 0) is 7.05 Å². The van der Waals surface area contributed by atoms with Crippen LogP contribution < -0.4 is 14.8 Å². The molecule has 4 aromatic rings. The third kappa shape index (κ3) is 3.70. The number of rotatable bonds is 6. The van der Waals surface area contributed by atoms with E-state index in [0.717, 1.165) is 5.56 Å². The number of methoxy groups -OCH3 is 2. The van der Waals surface area contributed by atoms with E-state index in [0.29, 0.717) is 34.5 Å². The van der Waals surface area contributed by atoms with Gasteiger partial charge in [0.1, 0.15) is 41.5 Å². The molecule has 0 aliphatic carbocycles. The minimum Gasteiger partial charge on any atom is -0.497 e. The minimum atomic E-state index is -0.353. The number of ether oxygens (including phenoxy) is 2. The van der Waals surface area contributed by atoms with Crippen LogP contribution in [0.3, 0.4) is 0 Å². The van der Waals surface area contributed by atoms with Crippen molar-refractivity contribution >= 4 is 11.7 Å². The summed E-state index contributed by atoms with van der Waals surface area (Å²) < 4.78 is 13.9. The lowest BCUT2D eigenvalue weighted by Crippen LogP contribution is -2.17. The number of amides is 1. The molecular formula is C20H19N7O3. The van der Waals surface area contributed by atoms with Gasteiger partial charge in [0.2, 0.25) is 0 Å². The lowest BCUT2D eigenvalue weighted by atomic mass is 10.1. The Balaban J connectivity index is 1.61. The number of aromatic nitrogens is 6. The van der Waals surface area contributed by atoms with Crippen molar-refractivity contribution in [3.63, 3.8) is 0 Å². The van der Waals surface area contributed by atoms with Crippen LogP contribution in [0.25, 0.3) is 17.1 Å². The van der Waals surface area contributed by atoms with Crippen LogP contribution in [0.1, 0.15) is 10.5 Å². The second kappa shape index (κ2) is 8.03. The number of hydrogen-bond acceptors (Lipinski definition) is 7. The Morgan fingerprint density at radius 2 is 1.97 bits per heavy atom. The van der Waals surface area contributed by atoms with Crippen molar-refractivity contribution in [1.29, 1.82) is 0 Å². The summed E-state index contributed by atoms with van der Waals surface area (Å²) in [6, 6.07) is 8.74. The third-order valence-electron chi connectivity index (χ3n) is 4.46. The predicted molar refractivity (Wildman–Crippen MR) is 109 cm³/mol. The van der Waals surface area contributed by atoms with Gasteiger partial charge in [-0.25, -0.2) is 15.0 Å². The van der Waals surface area contributed by atoms with Crippen LogP contribution in [0, 0.1) is 0 Å². The van der Waals surface area contributed by atoms with E-state index in [9.17, 15) is 4.79 Å². The number of carbonyl (C=O) groups excluding carboxylic acids is 1. The van der Waals surface area contributed by atoms with Gasteiger partial charge in [0.05, 0.1) is 19.9 Å². The molecule has 0 saturated carbocycles. The van der Waals surface area contributed by atoms with Gasteiger partial charge in [0.25, 0.3) is 5.91 Å². The van der Waals surface area contributed by atoms with Gasteiger partial charge in [-0.05, 0) is 24.3 Å². The van der Waals surface area contributed by atoms with E-state index >= 15 is 0 Å². The van der Waals surface area contributed by atoms with E-state index in [1.54, 1.807) is 68.8 Å². The zero-order chi connectivity index (χ0) is 21.1. The Kier molecular flexibility index (Phi) is 5.12. The average Bonchev–Trinajstić information content (AvgIpc) is 3.43. The Morgan fingerprint density at radius 3 is 2.70 bits per heavy atom. The van der Waals surface area contributed by atoms with Crippen molar-refractivity contribution in [2.24, 2.45) is 7.05 Å². The molecule has 0 bridgehead atoms. The molecule has 0 unspecified atom stereocenters. The average molecular weight is 405 g/mol. The molecular weight excluding hydrogens is 386 g/mol. The van der Waals surface area contributed by atoms with E-state index in [1.165, 1.54) is 11.0 Å². The largest absolute Gasteiger partial charge is 0.497 e. The number of imidazole rings is 1. The lowest BCUT2D eigenvalue weighted by molar-refractivity contribution is 0.101. The van der Waals surface area contributed by atoms with Gasteiger partial charge in [-0.2, -0.15) is 5.10 Å². The maximum Gasteiger partial charge on any atom is 0.275 e. The maximum absolute atomic E-state index is 12.8. The molecule has 4 rings (SSSR count). The van der Waals surface area contributed by atoms with E-state index in [1.807, 2.05) is 6.07 Å². The molecule has 0 aliphatic rings. The quantitative estimate of drug-likeness (QED) is 0.524. The number of benzene rings is 1. The summed E-state index contributed by atoms with van der Waals surface area (Å²) in [5.74, 6) is 1.88. The van der Waals surface area contributed by atoms with Gasteiger partial charge in [-0.15, -0.1) is 0 Å². The van der Waals surface area contributed by atoms with Crippen LogP contribution >= 0.6 is 0 Å².